The molecule has 136 valence electrons. The van der Waals surface area contributed by atoms with E-state index in [-0.39, 0.29) is 25.1 Å². The number of thiophene rings is 1. The number of aryl methyl sites for hydroxylation is 1. The van der Waals surface area contributed by atoms with E-state index in [2.05, 4.69) is 9.97 Å². The van der Waals surface area contributed by atoms with Crippen molar-refractivity contribution in [2.24, 2.45) is 0 Å². The third-order valence-electron chi connectivity index (χ3n) is 3.65. The van der Waals surface area contributed by atoms with Gasteiger partial charge in [-0.05, 0) is 26.3 Å². The minimum absolute atomic E-state index is 0.226. The molecule has 1 N–H and O–H groups in total. The molecule has 0 aliphatic carbocycles. The van der Waals surface area contributed by atoms with Crippen molar-refractivity contribution in [2.45, 2.75) is 33.4 Å². The molecule has 0 aliphatic heterocycles. The Bertz CT molecular complexity index is 803. The van der Waals surface area contributed by atoms with E-state index in [1.807, 2.05) is 0 Å². The molecular formula is C16H21N3O5S. The number of aliphatic carboxylic acids is 1. The van der Waals surface area contributed by atoms with Crippen LogP contribution in [-0.2, 0) is 16.1 Å². The highest BCUT2D eigenvalue weighted by molar-refractivity contribution is 7.20. The number of hydrogen-bond acceptors (Lipinski definition) is 7. The molecule has 2 aromatic rings. The number of carbonyl (C=O) groups excluding carboxylic acids is 1. The van der Waals surface area contributed by atoms with Crippen molar-refractivity contribution >= 4 is 33.4 Å². The molecule has 2 heterocycles. The summed E-state index contributed by atoms with van der Waals surface area (Å²) in [6.07, 6.45) is 0. The molecule has 0 saturated heterocycles. The lowest BCUT2D eigenvalue weighted by molar-refractivity contribution is -0.138. The summed E-state index contributed by atoms with van der Waals surface area (Å²) >= 11 is 1.20. The first kappa shape index (κ1) is 19.1. The third-order valence-corrected chi connectivity index (χ3v) is 4.83. The van der Waals surface area contributed by atoms with Gasteiger partial charge in [-0.15, -0.1) is 11.3 Å². The second-order valence-electron chi connectivity index (χ2n) is 5.74. The van der Waals surface area contributed by atoms with E-state index in [1.54, 1.807) is 27.9 Å². The molecule has 0 aromatic carbocycles. The van der Waals surface area contributed by atoms with Crippen molar-refractivity contribution in [1.82, 2.24) is 14.9 Å². The maximum absolute atomic E-state index is 12.9. The zero-order chi connectivity index (χ0) is 18.7. The van der Waals surface area contributed by atoms with Crippen molar-refractivity contribution in [2.75, 3.05) is 20.8 Å². The lowest BCUT2D eigenvalue weighted by Gasteiger charge is -2.24. The van der Waals surface area contributed by atoms with Crippen LogP contribution in [0.5, 0.6) is 5.88 Å². The lowest BCUT2D eigenvalue weighted by atomic mass is 10.2. The maximum atomic E-state index is 12.9. The van der Waals surface area contributed by atoms with Crippen LogP contribution in [0, 0.1) is 6.92 Å². The molecule has 0 radical (unpaired) electrons. The minimum atomic E-state index is -1.06. The summed E-state index contributed by atoms with van der Waals surface area (Å²) in [6.45, 7) is 5.21. The number of fused-ring (bicyclic) bond motifs is 1. The average Bonchev–Trinajstić information content (AvgIpc) is 2.88. The van der Waals surface area contributed by atoms with Crippen molar-refractivity contribution in [3.05, 3.63) is 16.3 Å². The van der Waals surface area contributed by atoms with Gasteiger partial charge in [-0.2, -0.15) is 4.98 Å². The Hall–Kier alpha value is -2.26. The summed E-state index contributed by atoms with van der Waals surface area (Å²) in [5.41, 5.74) is 0.682. The van der Waals surface area contributed by atoms with Gasteiger partial charge in [0.1, 0.15) is 18.0 Å². The van der Waals surface area contributed by atoms with Crippen LogP contribution in [0.4, 0.5) is 0 Å². The zero-order valence-electron chi connectivity index (χ0n) is 14.8. The summed E-state index contributed by atoms with van der Waals surface area (Å²) in [6, 6.07) is -0.245. The molecule has 1 amide bonds. The molecule has 9 heteroatoms. The number of nitrogens with zero attached hydrogens (tertiary/aromatic N) is 3. The second-order valence-corrected chi connectivity index (χ2v) is 6.74. The fraction of sp³-hybridized carbons (Fsp3) is 0.500. The topological polar surface area (TPSA) is 102 Å². The molecule has 0 fully saturated rings. The van der Waals surface area contributed by atoms with Crippen LogP contribution < -0.4 is 4.74 Å². The number of hydrogen-bond donors (Lipinski definition) is 1. The molecule has 0 unspecified atom stereocenters. The lowest BCUT2D eigenvalue weighted by Crippen LogP contribution is -2.40. The number of carbonyl (C=O) groups is 2. The predicted molar refractivity (Wildman–Crippen MR) is 93.2 cm³/mol. The van der Waals surface area contributed by atoms with Crippen LogP contribution in [0.15, 0.2) is 0 Å². The van der Waals surface area contributed by atoms with Crippen LogP contribution in [0.1, 0.15) is 34.9 Å². The van der Waals surface area contributed by atoms with E-state index >= 15 is 0 Å². The highest BCUT2D eigenvalue weighted by atomic mass is 32.1. The summed E-state index contributed by atoms with van der Waals surface area (Å²) in [4.78, 5) is 35.0. The van der Waals surface area contributed by atoms with Gasteiger partial charge in [-0.1, -0.05) is 0 Å². The number of aromatic nitrogens is 2. The van der Waals surface area contributed by atoms with Gasteiger partial charge in [-0.3, -0.25) is 9.59 Å². The molecule has 0 spiro atoms. The van der Waals surface area contributed by atoms with E-state index in [1.165, 1.54) is 23.3 Å². The molecule has 2 aromatic heterocycles. The highest BCUT2D eigenvalue weighted by Gasteiger charge is 2.27. The van der Waals surface area contributed by atoms with Crippen LogP contribution in [-0.4, -0.2) is 58.7 Å². The molecule has 0 atom stereocenters. The quantitative estimate of drug-likeness (QED) is 0.799. The van der Waals surface area contributed by atoms with E-state index in [0.717, 1.165) is 0 Å². The number of rotatable bonds is 7. The van der Waals surface area contributed by atoms with Crippen molar-refractivity contribution in [1.29, 1.82) is 0 Å². The van der Waals surface area contributed by atoms with Crippen molar-refractivity contribution in [3.8, 4) is 5.88 Å². The van der Waals surface area contributed by atoms with Crippen molar-refractivity contribution < 1.29 is 24.2 Å². The predicted octanol–water partition coefficient (Wildman–Crippen LogP) is 2.09. The summed E-state index contributed by atoms with van der Waals surface area (Å²) in [5, 5.41) is 9.73. The molecular weight excluding hydrogens is 346 g/mol. The summed E-state index contributed by atoms with van der Waals surface area (Å²) in [7, 11) is 3.04. The standard InChI is InChI=1S/C16H21N3O5S/c1-8(2)19(6-11(20)21)16(22)13-9(3)12-14(24-5)17-10(7-23-4)18-15(12)25-13/h8H,6-7H2,1-5H3,(H,20,21). The number of methoxy groups -OCH3 is 2. The minimum Gasteiger partial charge on any atom is -0.480 e. The number of amides is 1. The first-order valence-electron chi connectivity index (χ1n) is 7.65. The zero-order valence-corrected chi connectivity index (χ0v) is 15.6. The van der Waals surface area contributed by atoms with E-state index in [0.29, 0.717) is 32.4 Å². The number of ether oxygens (including phenoxy) is 2. The molecule has 0 aliphatic rings. The first-order chi connectivity index (χ1) is 11.8. The number of carboxylic acid groups (broad SMARTS) is 1. The van der Waals surface area contributed by atoms with E-state index in [4.69, 9.17) is 14.6 Å². The van der Waals surface area contributed by atoms with Gasteiger partial charge in [0, 0.05) is 13.2 Å². The van der Waals surface area contributed by atoms with Gasteiger partial charge >= 0.3 is 5.97 Å². The maximum Gasteiger partial charge on any atom is 0.323 e. The molecule has 0 bridgehead atoms. The van der Waals surface area contributed by atoms with Crippen LogP contribution in [0.2, 0.25) is 0 Å². The monoisotopic (exact) mass is 367 g/mol. The fourth-order valence-corrected chi connectivity index (χ4v) is 3.60. The van der Waals surface area contributed by atoms with Crippen molar-refractivity contribution in [3.63, 3.8) is 0 Å². The highest BCUT2D eigenvalue weighted by Crippen LogP contribution is 2.35. The van der Waals surface area contributed by atoms with Gasteiger partial charge < -0.3 is 19.5 Å². The van der Waals surface area contributed by atoms with Gasteiger partial charge in [0.15, 0.2) is 5.82 Å². The van der Waals surface area contributed by atoms with Crippen LogP contribution in [0.3, 0.4) is 0 Å². The van der Waals surface area contributed by atoms with Gasteiger partial charge in [-0.25, -0.2) is 4.98 Å². The Balaban J connectivity index is 2.56. The molecule has 2 rings (SSSR count). The average molecular weight is 367 g/mol. The van der Waals surface area contributed by atoms with Gasteiger partial charge in [0.05, 0.1) is 17.4 Å². The Morgan fingerprint density at radius 1 is 1.28 bits per heavy atom. The third kappa shape index (κ3) is 3.88. The van der Waals surface area contributed by atoms with Gasteiger partial charge in [0.2, 0.25) is 5.88 Å². The smallest absolute Gasteiger partial charge is 0.323 e. The van der Waals surface area contributed by atoms with Crippen LogP contribution >= 0.6 is 11.3 Å². The largest absolute Gasteiger partial charge is 0.480 e. The normalized spacial score (nSPS) is 11.1. The fourth-order valence-electron chi connectivity index (χ4n) is 2.45. The van der Waals surface area contributed by atoms with Crippen LogP contribution in [0.25, 0.3) is 10.2 Å². The van der Waals surface area contributed by atoms with Gasteiger partial charge in [0.25, 0.3) is 5.91 Å². The Kier molecular flexibility index (Phi) is 5.91. The summed E-state index contributed by atoms with van der Waals surface area (Å²) in [5.74, 6) is -0.564. The molecule has 0 saturated carbocycles. The SMILES string of the molecule is COCc1nc(OC)c2c(C)c(C(=O)N(CC(=O)O)C(C)C)sc2n1. The molecule has 25 heavy (non-hydrogen) atoms. The Morgan fingerprint density at radius 2 is 1.96 bits per heavy atom. The van der Waals surface area contributed by atoms with E-state index in [9.17, 15) is 9.59 Å². The molecule has 8 nitrogen and oxygen atoms in total. The first-order valence-corrected chi connectivity index (χ1v) is 8.47. The second kappa shape index (κ2) is 7.75. The number of carboxylic acids is 1. The Morgan fingerprint density at radius 3 is 2.48 bits per heavy atom. The van der Waals surface area contributed by atoms with E-state index < -0.39 is 5.97 Å². The summed E-state index contributed by atoms with van der Waals surface area (Å²) < 4.78 is 10.4. The Labute approximate surface area is 149 Å².